The minimum atomic E-state index is -0.616. The third-order valence-corrected chi connectivity index (χ3v) is 3.01. The van der Waals surface area contributed by atoms with Crippen molar-refractivity contribution in [3.05, 3.63) is 33.7 Å². The molecule has 0 aliphatic rings. The van der Waals surface area contributed by atoms with Crippen molar-refractivity contribution in [2.75, 3.05) is 7.11 Å². The summed E-state index contributed by atoms with van der Waals surface area (Å²) in [6, 6.07) is 1.99. The molecule has 0 aliphatic carbocycles. The Morgan fingerprint density at radius 2 is 2.38 bits per heavy atom. The standard InChI is InChI=1S/C10H14O2S/c1-4-8(12-3)9(11)10-7(2)5-6-13-10/h4-6,9,11H,1-3H3/b8-4+. The number of allylic oxidation sites excluding steroid dienone is 1. The molecular weight excluding hydrogens is 184 g/mol. The van der Waals surface area contributed by atoms with Gasteiger partial charge in [0, 0.05) is 4.88 Å². The number of methoxy groups -OCH3 is 1. The van der Waals surface area contributed by atoms with Crippen molar-refractivity contribution in [2.45, 2.75) is 20.0 Å². The molecule has 0 bridgehead atoms. The van der Waals surface area contributed by atoms with E-state index in [1.54, 1.807) is 24.5 Å². The topological polar surface area (TPSA) is 29.5 Å². The van der Waals surface area contributed by atoms with E-state index in [2.05, 4.69) is 0 Å². The number of rotatable bonds is 3. The minimum absolute atomic E-state index is 0.602. The van der Waals surface area contributed by atoms with Crippen LogP contribution in [-0.2, 0) is 4.74 Å². The zero-order chi connectivity index (χ0) is 9.84. The number of aliphatic hydroxyl groups excluding tert-OH is 1. The predicted octanol–water partition coefficient (Wildman–Crippen LogP) is 2.64. The first kappa shape index (κ1) is 10.3. The number of thiophene rings is 1. The molecule has 0 saturated heterocycles. The lowest BCUT2D eigenvalue weighted by atomic mass is 10.2. The van der Waals surface area contributed by atoms with Gasteiger partial charge in [-0.05, 0) is 36.9 Å². The van der Waals surface area contributed by atoms with Gasteiger partial charge in [0.1, 0.15) is 11.9 Å². The van der Waals surface area contributed by atoms with Crippen LogP contribution in [0.2, 0.25) is 0 Å². The quantitative estimate of drug-likeness (QED) is 0.756. The second-order valence-electron chi connectivity index (χ2n) is 2.77. The molecule has 0 spiro atoms. The summed E-state index contributed by atoms with van der Waals surface area (Å²) in [7, 11) is 1.57. The number of aliphatic hydroxyl groups is 1. The van der Waals surface area contributed by atoms with E-state index in [1.165, 1.54) is 0 Å². The number of hydrogen-bond donors (Lipinski definition) is 1. The molecule has 1 aromatic heterocycles. The molecule has 1 N–H and O–H groups in total. The maximum Gasteiger partial charge on any atom is 0.145 e. The van der Waals surface area contributed by atoms with Gasteiger partial charge in [-0.25, -0.2) is 0 Å². The van der Waals surface area contributed by atoms with Crippen LogP contribution >= 0.6 is 11.3 Å². The Labute approximate surface area is 82.5 Å². The molecule has 1 atom stereocenters. The highest BCUT2D eigenvalue weighted by atomic mass is 32.1. The van der Waals surface area contributed by atoms with Crippen LogP contribution in [0.15, 0.2) is 23.3 Å². The van der Waals surface area contributed by atoms with Crippen LogP contribution in [0.25, 0.3) is 0 Å². The summed E-state index contributed by atoms with van der Waals surface area (Å²) in [5.74, 6) is 0.602. The van der Waals surface area contributed by atoms with E-state index >= 15 is 0 Å². The van der Waals surface area contributed by atoms with Crippen molar-refractivity contribution in [2.24, 2.45) is 0 Å². The number of aryl methyl sites for hydroxylation is 1. The van der Waals surface area contributed by atoms with Crippen molar-refractivity contribution >= 4 is 11.3 Å². The molecule has 13 heavy (non-hydrogen) atoms. The van der Waals surface area contributed by atoms with Crippen molar-refractivity contribution in [3.8, 4) is 0 Å². The molecule has 0 aliphatic heterocycles. The van der Waals surface area contributed by atoms with Crippen molar-refractivity contribution in [3.63, 3.8) is 0 Å². The van der Waals surface area contributed by atoms with Gasteiger partial charge in [0.15, 0.2) is 0 Å². The van der Waals surface area contributed by atoms with Crippen LogP contribution in [0.1, 0.15) is 23.5 Å². The van der Waals surface area contributed by atoms with Gasteiger partial charge in [0.05, 0.1) is 7.11 Å². The normalized spacial score (nSPS) is 14.3. The molecule has 0 saturated carbocycles. The highest BCUT2D eigenvalue weighted by Gasteiger charge is 2.16. The van der Waals surface area contributed by atoms with Gasteiger partial charge in [-0.2, -0.15) is 0 Å². The summed E-state index contributed by atoms with van der Waals surface area (Å²) in [6.45, 7) is 3.84. The van der Waals surface area contributed by atoms with Crippen LogP contribution in [0.3, 0.4) is 0 Å². The van der Waals surface area contributed by atoms with Crippen molar-refractivity contribution in [1.82, 2.24) is 0 Å². The minimum Gasteiger partial charge on any atom is -0.498 e. The van der Waals surface area contributed by atoms with Crippen LogP contribution in [0.5, 0.6) is 0 Å². The van der Waals surface area contributed by atoms with Crippen molar-refractivity contribution in [1.29, 1.82) is 0 Å². The van der Waals surface area contributed by atoms with Crippen LogP contribution < -0.4 is 0 Å². The molecule has 2 nitrogen and oxygen atoms in total. The van der Waals surface area contributed by atoms with Crippen LogP contribution in [0.4, 0.5) is 0 Å². The molecule has 1 unspecified atom stereocenters. The summed E-state index contributed by atoms with van der Waals surface area (Å²) in [6.07, 6.45) is 1.17. The van der Waals surface area contributed by atoms with Gasteiger partial charge in [0.2, 0.25) is 0 Å². The molecule has 72 valence electrons. The molecule has 3 heteroatoms. The highest BCUT2D eigenvalue weighted by Crippen LogP contribution is 2.29. The lowest BCUT2D eigenvalue weighted by Gasteiger charge is -2.12. The fourth-order valence-electron chi connectivity index (χ4n) is 1.18. The molecule has 0 radical (unpaired) electrons. The molecule has 0 aromatic carbocycles. The maximum absolute atomic E-state index is 9.87. The Morgan fingerprint density at radius 1 is 1.69 bits per heavy atom. The van der Waals surface area contributed by atoms with E-state index in [-0.39, 0.29) is 0 Å². The molecule has 1 heterocycles. The highest BCUT2D eigenvalue weighted by molar-refractivity contribution is 7.10. The first-order chi connectivity index (χ1) is 6.20. The molecular formula is C10H14O2S. The summed E-state index contributed by atoms with van der Waals surface area (Å²) < 4.78 is 5.06. The monoisotopic (exact) mass is 198 g/mol. The Bertz CT molecular complexity index is 302. The number of ether oxygens (including phenoxy) is 1. The summed E-state index contributed by atoms with van der Waals surface area (Å²) in [5.41, 5.74) is 1.11. The molecule has 1 rings (SSSR count). The predicted molar refractivity (Wildman–Crippen MR) is 54.8 cm³/mol. The Balaban J connectivity index is 2.90. The SMILES string of the molecule is C/C=C(/OC)C(O)c1sccc1C. The Hall–Kier alpha value is -0.800. The van der Waals surface area contributed by atoms with Gasteiger partial charge in [-0.1, -0.05) is 0 Å². The first-order valence-electron chi connectivity index (χ1n) is 4.13. The Morgan fingerprint density at radius 3 is 2.77 bits per heavy atom. The fourth-order valence-corrected chi connectivity index (χ4v) is 2.10. The second-order valence-corrected chi connectivity index (χ2v) is 3.71. The number of hydrogen-bond acceptors (Lipinski definition) is 3. The fraction of sp³-hybridized carbons (Fsp3) is 0.400. The van der Waals surface area contributed by atoms with Gasteiger partial charge in [-0.3, -0.25) is 0 Å². The average Bonchev–Trinajstić information content (AvgIpc) is 2.53. The largest absolute Gasteiger partial charge is 0.498 e. The van der Waals surface area contributed by atoms with Gasteiger partial charge in [0.25, 0.3) is 0 Å². The zero-order valence-electron chi connectivity index (χ0n) is 8.07. The third kappa shape index (κ3) is 2.11. The van der Waals surface area contributed by atoms with Crippen molar-refractivity contribution < 1.29 is 9.84 Å². The molecule has 0 fully saturated rings. The van der Waals surface area contributed by atoms with Crippen LogP contribution in [-0.4, -0.2) is 12.2 Å². The maximum atomic E-state index is 9.87. The average molecular weight is 198 g/mol. The molecule has 0 amide bonds. The van der Waals surface area contributed by atoms with E-state index in [0.29, 0.717) is 5.76 Å². The van der Waals surface area contributed by atoms with E-state index in [4.69, 9.17) is 4.74 Å². The lowest BCUT2D eigenvalue weighted by molar-refractivity contribution is 0.131. The van der Waals surface area contributed by atoms with E-state index in [1.807, 2.05) is 25.3 Å². The lowest BCUT2D eigenvalue weighted by Crippen LogP contribution is -2.02. The zero-order valence-corrected chi connectivity index (χ0v) is 8.89. The van der Waals surface area contributed by atoms with E-state index in [0.717, 1.165) is 10.4 Å². The smallest absolute Gasteiger partial charge is 0.145 e. The van der Waals surface area contributed by atoms with E-state index < -0.39 is 6.10 Å². The summed E-state index contributed by atoms with van der Waals surface area (Å²) in [5, 5.41) is 11.8. The summed E-state index contributed by atoms with van der Waals surface area (Å²) in [4.78, 5) is 0.954. The Kier molecular flexibility index (Phi) is 3.51. The third-order valence-electron chi connectivity index (χ3n) is 1.94. The molecule has 1 aromatic rings. The first-order valence-corrected chi connectivity index (χ1v) is 5.01. The summed E-state index contributed by atoms with van der Waals surface area (Å²) >= 11 is 1.55. The van der Waals surface area contributed by atoms with Crippen LogP contribution in [0, 0.1) is 6.92 Å². The second kappa shape index (κ2) is 4.44. The van der Waals surface area contributed by atoms with Gasteiger partial charge < -0.3 is 9.84 Å². The van der Waals surface area contributed by atoms with Gasteiger partial charge >= 0.3 is 0 Å². The van der Waals surface area contributed by atoms with E-state index in [9.17, 15) is 5.11 Å². The van der Waals surface area contributed by atoms with Gasteiger partial charge in [-0.15, -0.1) is 11.3 Å².